The van der Waals surface area contributed by atoms with Crippen LogP contribution in [-0.4, -0.2) is 73.5 Å². The molecule has 0 saturated carbocycles. The number of carbonyl (C=O) groups is 1. The normalized spacial score (nSPS) is 16.6. The van der Waals surface area contributed by atoms with Gasteiger partial charge in [-0.05, 0) is 43.3 Å². The average Bonchev–Trinajstić information content (AvgIpc) is 3.47. The third-order valence-electron chi connectivity index (χ3n) is 6.74. The number of aliphatic carboxylic acids is 1. The Morgan fingerprint density at radius 2 is 1.86 bits per heavy atom. The summed E-state index contributed by atoms with van der Waals surface area (Å²) in [5.41, 5.74) is 2.03. The molecule has 1 aliphatic heterocycles. The van der Waals surface area contributed by atoms with Gasteiger partial charge >= 0.3 is 5.97 Å². The highest BCUT2D eigenvalue weighted by Gasteiger charge is 2.28. The van der Waals surface area contributed by atoms with E-state index in [0.717, 1.165) is 54.1 Å². The van der Waals surface area contributed by atoms with Crippen LogP contribution in [0.1, 0.15) is 18.7 Å². The molecule has 2 aromatic heterocycles. The van der Waals surface area contributed by atoms with Gasteiger partial charge in [0, 0.05) is 66.2 Å². The zero-order valence-corrected chi connectivity index (χ0v) is 22.6. The maximum absolute atomic E-state index is 12.9. The molecule has 5 rings (SSSR count). The number of hydrogen-bond acceptors (Lipinski definition) is 8. The highest BCUT2D eigenvalue weighted by molar-refractivity contribution is 7.89. The lowest BCUT2D eigenvalue weighted by molar-refractivity contribution is -0.140. The summed E-state index contributed by atoms with van der Waals surface area (Å²) >= 11 is 1.68. The van der Waals surface area contributed by atoms with Crippen LogP contribution in [0.15, 0.2) is 51.9 Å². The lowest BCUT2D eigenvalue weighted by Gasteiger charge is -2.31. The van der Waals surface area contributed by atoms with Gasteiger partial charge in [-0.15, -0.1) is 11.3 Å². The number of carboxylic acids is 1. The maximum atomic E-state index is 12.9. The number of benzene rings is 2. The van der Waals surface area contributed by atoms with Crippen LogP contribution in [-0.2, 0) is 21.4 Å². The lowest BCUT2D eigenvalue weighted by Crippen LogP contribution is -2.44. The monoisotopic (exact) mass is 542 g/mol. The summed E-state index contributed by atoms with van der Waals surface area (Å²) in [5, 5.41) is 12.0. The van der Waals surface area contributed by atoms with Gasteiger partial charge in [-0.3, -0.25) is 9.69 Å². The maximum Gasteiger partial charge on any atom is 0.322 e. The zero-order chi connectivity index (χ0) is 26.3. The molecule has 2 aromatic carbocycles. The van der Waals surface area contributed by atoms with Crippen LogP contribution in [0.2, 0.25) is 0 Å². The van der Waals surface area contributed by atoms with Gasteiger partial charge in [-0.1, -0.05) is 13.8 Å². The van der Waals surface area contributed by atoms with Gasteiger partial charge in [0.05, 0.1) is 4.90 Å². The van der Waals surface area contributed by atoms with Crippen LogP contribution in [0.3, 0.4) is 0 Å². The third-order valence-corrected chi connectivity index (χ3v) is 9.21. The molecule has 3 heterocycles. The number of fused-ring (bicyclic) bond motifs is 3. The fraction of sp³-hybridized carbons (Fsp3) is 0.385. The van der Waals surface area contributed by atoms with Crippen LogP contribution in [0.4, 0.5) is 0 Å². The highest BCUT2D eigenvalue weighted by atomic mass is 32.2. The number of piperazine rings is 1. The second-order valence-electron chi connectivity index (χ2n) is 9.86. The van der Waals surface area contributed by atoms with Crippen LogP contribution in [0, 0.1) is 5.92 Å². The molecule has 196 valence electrons. The first-order chi connectivity index (χ1) is 17.6. The van der Waals surface area contributed by atoms with Gasteiger partial charge in [-0.25, -0.2) is 13.4 Å². The van der Waals surface area contributed by atoms with Crippen molar-refractivity contribution >= 4 is 49.3 Å². The molecular formula is C26H30N4O5S2. The Morgan fingerprint density at radius 3 is 2.57 bits per heavy atom. The Morgan fingerprint density at radius 1 is 1.11 bits per heavy atom. The van der Waals surface area contributed by atoms with Gasteiger partial charge in [-0.2, -0.15) is 4.72 Å². The highest BCUT2D eigenvalue weighted by Crippen LogP contribution is 2.35. The summed E-state index contributed by atoms with van der Waals surface area (Å²) in [6, 6.07) is 9.24. The van der Waals surface area contributed by atoms with E-state index in [1.54, 1.807) is 31.3 Å². The van der Waals surface area contributed by atoms with Gasteiger partial charge in [0.1, 0.15) is 22.2 Å². The van der Waals surface area contributed by atoms with E-state index >= 15 is 0 Å². The van der Waals surface area contributed by atoms with Crippen molar-refractivity contribution < 1.29 is 22.7 Å². The number of sulfonamides is 1. The quantitative estimate of drug-likeness (QED) is 0.345. The van der Waals surface area contributed by atoms with Crippen molar-refractivity contribution in [2.75, 3.05) is 33.2 Å². The van der Waals surface area contributed by atoms with Gasteiger partial charge in [0.25, 0.3) is 0 Å². The summed E-state index contributed by atoms with van der Waals surface area (Å²) in [7, 11) is -1.90. The number of nitrogens with zero attached hydrogens (tertiary/aromatic N) is 3. The molecular weight excluding hydrogens is 512 g/mol. The van der Waals surface area contributed by atoms with Crippen molar-refractivity contribution in [2.24, 2.45) is 5.92 Å². The molecule has 0 bridgehead atoms. The van der Waals surface area contributed by atoms with E-state index in [9.17, 15) is 18.3 Å². The number of carboxylic acid groups (broad SMARTS) is 1. The minimum atomic E-state index is -4.05. The van der Waals surface area contributed by atoms with E-state index in [1.807, 2.05) is 24.4 Å². The number of rotatable bonds is 8. The molecule has 4 aromatic rings. The number of nitrogens with one attached hydrogen (secondary N) is 1. The van der Waals surface area contributed by atoms with Crippen LogP contribution in [0.25, 0.3) is 32.5 Å². The number of thiazole rings is 1. The molecule has 9 nitrogen and oxygen atoms in total. The summed E-state index contributed by atoms with van der Waals surface area (Å²) in [4.78, 5) is 22.1. The molecule has 2 N–H and O–H groups in total. The molecule has 11 heteroatoms. The first kappa shape index (κ1) is 25.8. The van der Waals surface area contributed by atoms with Crippen molar-refractivity contribution in [1.82, 2.24) is 19.5 Å². The van der Waals surface area contributed by atoms with Crippen molar-refractivity contribution in [1.29, 1.82) is 0 Å². The van der Waals surface area contributed by atoms with E-state index in [2.05, 4.69) is 26.6 Å². The predicted octanol–water partition coefficient (Wildman–Crippen LogP) is 3.84. The standard InChI is InChI=1S/C26H30N4O5S2/c1-16(2)24(26(31)32)28-37(33,34)19-5-6-20-21-12-17(4-7-22(21)35-23(20)13-19)25-27-14-18(36-25)15-30-10-8-29(3)9-11-30/h4-7,12-14,16,24,28H,8-11,15H2,1-3H3,(H,31,32)/t24-/m0/s1. The second-order valence-corrected chi connectivity index (χ2v) is 12.7. The lowest BCUT2D eigenvalue weighted by atomic mass is 10.1. The second kappa shape index (κ2) is 10.1. The molecule has 1 fully saturated rings. The topological polar surface area (TPSA) is 116 Å². The van der Waals surface area contributed by atoms with E-state index in [4.69, 9.17) is 4.42 Å². The average molecular weight is 543 g/mol. The molecule has 0 unspecified atom stereocenters. The van der Waals surface area contributed by atoms with Crippen molar-refractivity contribution in [3.8, 4) is 10.6 Å². The zero-order valence-electron chi connectivity index (χ0n) is 21.0. The molecule has 0 aliphatic carbocycles. The molecule has 1 aliphatic rings. The SMILES string of the molecule is CC(C)[C@H](NS(=O)(=O)c1ccc2c(c1)oc1ccc(-c3ncc(CN4CCN(C)CC4)s3)cc12)C(=O)O. The van der Waals surface area contributed by atoms with Gasteiger partial charge in [0.2, 0.25) is 10.0 Å². The minimum Gasteiger partial charge on any atom is -0.480 e. The number of furan rings is 1. The van der Waals surface area contributed by atoms with Crippen LogP contribution < -0.4 is 4.72 Å². The fourth-order valence-corrected chi connectivity index (χ4v) is 6.81. The Bertz CT molecular complexity index is 1550. The molecule has 1 saturated heterocycles. The Hall–Kier alpha value is -2.83. The van der Waals surface area contributed by atoms with Crippen molar-refractivity contribution in [3.63, 3.8) is 0 Å². The van der Waals surface area contributed by atoms with Gasteiger partial charge < -0.3 is 14.4 Å². The number of hydrogen-bond donors (Lipinski definition) is 2. The van der Waals surface area contributed by atoms with Crippen molar-refractivity contribution in [3.05, 3.63) is 47.5 Å². The third kappa shape index (κ3) is 5.41. The van der Waals surface area contributed by atoms with Crippen LogP contribution in [0.5, 0.6) is 0 Å². The summed E-state index contributed by atoms with van der Waals surface area (Å²) < 4.78 is 34.0. The first-order valence-electron chi connectivity index (χ1n) is 12.2. The largest absolute Gasteiger partial charge is 0.480 e. The van der Waals surface area contributed by atoms with E-state index in [-0.39, 0.29) is 4.90 Å². The molecule has 1 atom stereocenters. The van der Waals surface area contributed by atoms with Crippen molar-refractivity contribution in [2.45, 2.75) is 31.3 Å². The molecule has 37 heavy (non-hydrogen) atoms. The predicted molar refractivity (Wildman–Crippen MR) is 144 cm³/mol. The summed E-state index contributed by atoms with van der Waals surface area (Å²) in [6.07, 6.45) is 1.95. The molecule has 0 spiro atoms. The van der Waals surface area contributed by atoms with E-state index < -0.39 is 28.0 Å². The van der Waals surface area contributed by atoms with E-state index in [0.29, 0.717) is 11.2 Å². The number of likely N-dealkylation sites (N-methyl/N-ethyl adjacent to an activating group) is 1. The number of aromatic nitrogens is 1. The minimum absolute atomic E-state index is 0.0420. The summed E-state index contributed by atoms with van der Waals surface area (Å²) in [6.45, 7) is 8.46. The smallest absolute Gasteiger partial charge is 0.322 e. The molecule has 0 amide bonds. The van der Waals surface area contributed by atoms with Crippen LogP contribution >= 0.6 is 11.3 Å². The Labute approximate surface area is 219 Å². The van der Waals surface area contributed by atoms with Gasteiger partial charge in [0.15, 0.2) is 0 Å². The summed E-state index contributed by atoms with van der Waals surface area (Å²) in [5.74, 6) is -1.63. The fourth-order valence-electron chi connectivity index (χ4n) is 4.51. The Kier molecular flexibility index (Phi) is 7.08. The Balaban J connectivity index is 1.40. The molecule has 0 radical (unpaired) electrons. The van der Waals surface area contributed by atoms with E-state index in [1.165, 1.54) is 17.0 Å². The first-order valence-corrected chi connectivity index (χ1v) is 14.5.